The molecule has 0 aliphatic rings. The first-order valence-electron chi connectivity index (χ1n) is 12.2. The highest BCUT2D eigenvalue weighted by molar-refractivity contribution is 5.91. The van der Waals surface area contributed by atoms with Crippen LogP contribution in [0.5, 0.6) is 23.0 Å². The van der Waals surface area contributed by atoms with Gasteiger partial charge in [-0.15, -0.1) is 0 Å². The van der Waals surface area contributed by atoms with Crippen molar-refractivity contribution in [1.82, 2.24) is 0 Å². The number of unbranched alkanes of at least 4 members (excludes halogenated alkanes) is 3. The van der Waals surface area contributed by atoms with E-state index in [2.05, 4.69) is 6.92 Å². The van der Waals surface area contributed by atoms with E-state index >= 15 is 0 Å². The summed E-state index contributed by atoms with van der Waals surface area (Å²) in [6, 6.07) is 17.2. The molecule has 6 heteroatoms. The van der Waals surface area contributed by atoms with Gasteiger partial charge in [0.25, 0.3) is 0 Å². The van der Waals surface area contributed by atoms with E-state index < -0.39 is 5.97 Å². The van der Waals surface area contributed by atoms with Gasteiger partial charge in [-0.25, -0.2) is 4.79 Å². The van der Waals surface area contributed by atoms with Crippen LogP contribution >= 0.6 is 0 Å². The van der Waals surface area contributed by atoms with Gasteiger partial charge < -0.3 is 18.6 Å². The van der Waals surface area contributed by atoms with Crippen molar-refractivity contribution in [3.05, 3.63) is 93.8 Å². The highest BCUT2D eigenvalue weighted by Gasteiger charge is 2.13. The molecule has 0 aliphatic heterocycles. The molecular formula is C30H30O6. The van der Waals surface area contributed by atoms with Crippen LogP contribution in [0.4, 0.5) is 0 Å². The zero-order valence-corrected chi connectivity index (χ0v) is 20.8. The summed E-state index contributed by atoms with van der Waals surface area (Å²) in [5.41, 5.74) is 2.45. The monoisotopic (exact) mass is 486 g/mol. The number of rotatable bonds is 10. The lowest BCUT2D eigenvalue weighted by atomic mass is 10.1. The van der Waals surface area contributed by atoms with Gasteiger partial charge in [0.15, 0.2) is 0 Å². The summed E-state index contributed by atoms with van der Waals surface area (Å²) in [6.07, 6.45) is 5.81. The molecule has 0 atom stereocenters. The van der Waals surface area contributed by atoms with Crippen LogP contribution in [0.1, 0.15) is 54.1 Å². The van der Waals surface area contributed by atoms with Crippen LogP contribution in [-0.4, -0.2) is 12.6 Å². The Kier molecular flexibility index (Phi) is 8.06. The molecule has 4 rings (SSSR count). The van der Waals surface area contributed by atoms with Crippen molar-refractivity contribution in [1.29, 1.82) is 0 Å². The molecule has 6 nitrogen and oxygen atoms in total. The largest absolute Gasteiger partial charge is 0.494 e. The minimum atomic E-state index is -0.513. The molecule has 0 amide bonds. The molecule has 0 radical (unpaired) electrons. The number of ether oxygens (including phenoxy) is 3. The molecule has 0 N–H and O–H groups in total. The SMILES string of the molecule is CCCCCCOc1ccc(C(=O)Oc2ccc3c(=O)c(Oc4cc(C)cc(C)c4)coc3c2)cc1. The molecule has 186 valence electrons. The molecule has 0 fully saturated rings. The Morgan fingerprint density at radius 3 is 2.28 bits per heavy atom. The number of benzene rings is 3. The van der Waals surface area contributed by atoms with Gasteiger partial charge in [-0.3, -0.25) is 4.79 Å². The van der Waals surface area contributed by atoms with E-state index in [1.807, 2.05) is 32.0 Å². The lowest BCUT2D eigenvalue weighted by Crippen LogP contribution is -2.09. The molecule has 1 aromatic heterocycles. The second-order valence-corrected chi connectivity index (χ2v) is 8.84. The van der Waals surface area contributed by atoms with E-state index in [0.717, 1.165) is 29.7 Å². The van der Waals surface area contributed by atoms with Crippen molar-refractivity contribution in [2.24, 2.45) is 0 Å². The van der Waals surface area contributed by atoms with Crippen molar-refractivity contribution >= 4 is 16.9 Å². The van der Waals surface area contributed by atoms with E-state index in [1.165, 1.54) is 25.2 Å². The molecule has 1 heterocycles. The Morgan fingerprint density at radius 1 is 0.833 bits per heavy atom. The highest BCUT2D eigenvalue weighted by Crippen LogP contribution is 2.26. The first-order valence-corrected chi connectivity index (χ1v) is 12.2. The molecule has 0 unspecified atom stereocenters. The van der Waals surface area contributed by atoms with E-state index in [4.69, 9.17) is 18.6 Å². The standard InChI is InChI=1S/C30H30O6/c1-4-5-6-7-14-33-23-10-8-22(9-11-23)30(32)36-24-12-13-26-27(18-24)34-19-28(29(26)31)35-25-16-20(2)15-21(3)17-25/h8-13,15-19H,4-7,14H2,1-3H3. The zero-order chi connectivity index (χ0) is 25.5. The average Bonchev–Trinajstić information content (AvgIpc) is 2.85. The first-order chi connectivity index (χ1) is 17.4. The third-order valence-corrected chi connectivity index (χ3v) is 5.70. The molecule has 36 heavy (non-hydrogen) atoms. The Morgan fingerprint density at radius 2 is 1.56 bits per heavy atom. The van der Waals surface area contributed by atoms with E-state index in [9.17, 15) is 9.59 Å². The number of hydrogen-bond donors (Lipinski definition) is 0. The van der Waals surface area contributed by atoms with E-state index in [1.54, 1.807) is 36.4 Å². The van der Waals surface area contributed by atoms with Crippen LogP contribution in [0.25, 0.3) is 11.0 Å². The number of hydrogen-bond acceptors (Lipinski definition) is 6. The van der Waals surface area contributed by atoms with Crippen LogP contribution in [0.15, 0.2) is 76.1 Å². The Hall–Kier alpha value is -4.06. The summed E-state index contributed by atoms with van der Waals surface area (Å²) in [5, 5.41) is 0.331. The third-order valence-electron chi connectivity index (χ3n) is 5.70. The van der Waals surface area contributed by atoms with Gasteiger partial charge in [0.2, 0.25) is 11.2 Å². The maximum absolute atomic E-state index is 12.9. The van der Waals surface area contributed by atoms with Gasteiger partial charge in [0, 0.05) is 6.07 Å². The van der Waals surface area contributed by atoms with Crippen molar-refractivity contribution in [3.63, 3.8) is 0 Å². The van der Waals surface area contributed by atoms with Crippen molar-refractivity contribution in [2.75, 3.05) is 6.61 Å². The van der Waals surface area contributed by atoms with Gasteiger partial charge in [0.05, 0.1) is 17.6 Å². The number of esters is 1. The maximum atomic E-state index is 12.9. The predicted molar refractivity (Wildman–Crippen MR) is 140 cm³/mol. The summed E-state index contributed by atoms with van der Waals surface area (Å²) in [7, 11) is 0. The lowest BCUT2D eigenvalue weighted by Gasteiger charge is -2.09. The number of carbonyl (C=O) groups excluding carboxylic acids is 1. The van der Waals surface area contributed by atoms with Crippen LogP contribution in [0.2, 0.25) is 0 Å². The quantitative estimate of drug-likeness (QED) is 0.132. The van der Waals surface area contributed by atoms with Gasteiger partial charge in [-0.2, -0.15) is 0 Å². The molecule has 3 aromatic carbocycles. The molecule has 0 bridgehead atoms. The third kappa shape index (κ3) is 6.33. The van der Waals surface area contributed by atoms with Crippen LogP contribution in [0.3, 0.4) is 0 Å². The molecule has 4 aromatic rings. The molecule has 0 aliphatic carbocycles. The van der Waals surface area contributed by atoms with Crippen LogP contribution < -0.4 is 19.6 Å². The fourth-order valence-electron chi connectivity index (χ4n) is 3.92. The topological polar surface area (TPSA) is 75.0 Å². The molecule has 0 saturated carbocycles. The second-order valence-electron chi connectivity index (χ2n) is 8.84. The van der Waals surface area contributed by atoms with Gasteiger partial charge in [0.1, 0.15) is 29.1 Å². The van der Waals surface area contributed by atoms with Crippen LogP contribution in [-0.2, 0) is 0 Å². The zero-order valence-electron chi connectivity index (χ0n) is 20.8. The summed E-state index contributed by atoms with van der Waals surface area (Å²) >= 11 is 0. The first kappa shape index (κ1) is 25.0. The normalized spacial score (nSPS) is 10.9. The highest BCUT2D eigenvalue weighted by atomic mass is 16.5. The average molecular weight is 487 g/mol. The fourth-order valence-corrected chi connectivity index (χ4v) is 3.92. The summed E-state index contributed by atoms with van der Waals surface area (Å²) in [4.78, 5) is 25.5. The van der Waals surface area contributed by atoms with Gasteiger partial charge in [-0.05, 0) is 79.9 Å². The Labute approximate surface area is 210 Å². The Bertz CT molecular complexity index is 1380. The van der Waals surface area contributed by atoms with Gasteiger partial charge in [-0.1, -0.05) is 32.3 Å². The van der Waals surface area contributed by atoms with Crippen molar-refractivity contribution < 1.29 is 23.4 Å². The summed E-state index contributed by atoms with van der Waals surface area (Å²) in [6.45, 7) is 6.75. The van der Waals surface area contributed by atoms with Crippen LogP contribution in [0, 0.1) is 13.8 Å². The second kappa shape index (κ2) is 11.6. The van der Waals surface area contributed by atoms with Crippen molar-refractivity contribution in [2.45, 2.75) is 46.5 Å². The lowest BCUT2D eigenvalue weighted by molar-refractivity contribution is 0.0735. The van der Waals surface area contributed by atoms with Gasteiger partial charge >= 0.3 is 5.97 Å². The predicted octanol–water partition coefficient (Wildman–Crippen LogP) is 7.38. The summed E-state index contributed by atoms with van der Waals surface area (Å²) in [5.74, 6) is 1.13. The fraction of sp³-hybridized carbons (Fsp3) is 0.267. The minimum Gasteiger partial charge on any atom is -0.494 e. The number of carbonyl (C=O) groups is 1. The van der Waals surface area contributed by atoms with E-state index in [0.29, 0.717) is 28.9 Å². The molecule has 0 saturated heterocycles. The Balaban J connectivity index is 1.42. The van der Waals surface area contributed by atoms with Crippen molar-refractivity contribution in [3.8, 4) is 23.0 Å². The maximum Gasteiger partial charge on any atom is 0.343 e. The smallest absolute Gasteiger partial charge is 0.343 e. The minimum absolute atomic E-state index is 0.0879. The van der Waals surface area contributed by atoms with E-state index in [-0.39, 0.29) is 16.9 Å². The summed E-state index contributed by atoms with van der Waals surface area (Å²) < 4.78 is 22.6. The molecule has 0 spiro atoms. The molecular weight excluding hydrogens is 456 g/mol. The number of aryl methyl sites for hydroxylation is 2. The number of fused-ring (bicyclic) bond motifs is 1.